The van der Waals surface area contributed by atoms with Gasteiger partial charge in [0.25, 0.3) is 11.8 Å². The van der Waals surface area contributed by atoms with Crippen LogP contribution < -0.4 is 40.0 Å². The first-order chi connectivity index (χ1) is 15.0. The summed E-state index contributed by atoms with van der Waals surface area (Å²) in [5, 5.41) is 19.2. The van der Waals surface area contributed by atoms with Gasteiger partial charge in [0, 0.05) is 16.9 Å². The minimum Gasteiger partial charge on any atom is -0.543 e. The maximum Gasteiger partial charge on any atom is 1.00 e. The first kappa shape index (κ1) is 25.1. The summed E-state index contributed by atoms with van der Waals surface area (Å²) in [6, 6.07) is -0.898. The molecule has 4 heterocycles. The second kappa shape index (κ2) is 11.1. The van der Waals surface area contributed by atoms with Crippen molar-refractivity contribution >= 4 is 69.9 Å². The molecule has 2 aromatic heterocycles. The number of fused-ring (bicyclic) bond motifs is 1. The van der Waals surface area contributed by atoms with Crippen molar-refractivity contribution in [2.24, 2.45) is 5.16 Å². The molecule has 32 heavy (non-hydrogen) atoms. The minimum atomic E-state index is -1.43. The number of carboxylic acid groups (broad SMARTS) is 1. The predicted octanol–water partition coefficient (Wildman–Crippen LogP) is -3.45. The Balaban J connectivity index is 0.00000289. The van der Waals surface area contributed by atoms with Crippen molar-refractivity contribution in [1.29, 1.82) is 0 Å². The fraction of sp³-hybridized carbons (Fsp3) is 0.312. The predicted molar refractivity (Wildman–Crippen MR) is 113 cm³/mol. The third-order valence-corrected chi connectivity index (χ3v) is 8.12. The van der Waals surface area contributed by atoms with Crippen molar-refractivity contribution in [1.82, 2.24) is 24.6 Å². The van der Waals surface area contributed by atoms with Crippen molar-refractivity contribution in [2.75, 3.05) is 18.6 Å². The van der Waals surface area contributed by atoms with Crippen LogP contribution in [0.4, 0.5) is 0 Å². The van der Waals surface area contributed by atoms with Gasteiger partial charge in [0.2, 0.25) is 0 Å². The van der Waals surface area contributed by atoms with E-state index in [-0.39, 0.29) is 41.0 Å². The van der Waals surface area contributed by atoms with Crippen molar-refractivity contribution in [3.63, 3.8) is 0 Å². The van der Waals surface area contributed by atoms with Gasteiger partial charge in [-0.2, -0.15) is 4.37 Å². The minimum absolute atomic E-state index is 0. The van der Waals surface area contributed by atoms with E-state index in [1.807, 2.05) is 0 Å². The van der Waals surface area contributed by atoms with Crippen molar-refractivity contribution < 1.29 is 53.9 Å². The molecule has 1 unspecified atom stereocenters. The topological polar surface area (TPSA) is 150 Å². The molecule has 0 bridgehead atoms. The van der Waals surface area contributed by atoms with Gasteiger partial charge in [-0.25, -0.2) is 9.97 Å². The Morgan fingerprint density at radius 3 is 2.88 bits per heavy atom. The largest absolute Gasteiger partial charge is 1.00 e. The van der Waals surface area contributed by atoms with Crippen LogP contribution in [-0.4, -0.2) is 72.8 Å². The normalized spacial score (nSPS) is 20.2. The summed E-state index contributed by atoms with van der Waals surface area (Å²) < 4.78 is 4.60. The van der Waals surface area contributed by atoms with Gasteiger partial charge in [-0.1, -0.05) is 16.9 Å². The number of oxime groups is 1. The summed E-state index contributed by atoms with van der Waals surface area (Å²) in [5.74, 6) is -1.88. The molecule has 0 saturated carbocycles. The molecule has 0 spiro atoms. The first-order valence-electron chi connectivity index (χ1n) is 8.59. The van der Waals surface area contributed by atoms with Crippen LogP contribution in [0.3, 0.4) is 0 Å². The number of aromatic nitrogens is 3. The third-order valence-electron chi connectivity index (χ3n) is 4.31. The van der Waals surface area contributed by atoms with Crippen LogP contribution in [0.25, 0.3) is 0 Å². The Kier molecular flexibility index (Phi) is 8.71. The molecule has 2 amide bonds. The molecule has 2 aromatic rings. The first-order valence-corrected chi connectivity index (χ1v) is 12.3. The van der Waals surface area contributed by atoms with Crippen LogP contribution in [0.2, 0.25) is 0 Å². The Bertz CT molecular complexity index is 1060. The quantitative estimate of drug-likeness (QED) is 0.122. The van der Waals surface area contributed by atoms with Crippen LogP contribution >= 0.6 is 46.4 Å². The molecule has 2 atom stereocenters. The fourth-order valence-corrected chi connectivity index (χ4v) is 6.46. The van der Waals surface area contributed by atoms with E-state index in [0.29, 0.717) is 27.1 Å². The van der Waals surface area contributed by atoms with E-state index in [9.17, 15) is 19.5 Å². The van der Waals surface area contributed by atoms with Gasteiger partial charge in [0.15, 0.2) is 10.1 Å². The van der Waals surface area contributed by atoms with Crippen LogP contribution in [0.15, 0.2) is 38.0 Å². The molecule has 11 nitrogen and oxygen atoms in total. The molecule has 0 radical (unpaired) electrons. The summed E-state index contributed by atoms with van der Waals surface area (Å²) in [6.45, 7) is 0. The smallest absolute Gasteiger partial charge is 0.543 e. The summed E-state index contributed by atoms with van der Waals surface area (Å²) in [7, 11) is 1.30. The number of hydrogen-bond donors (Lipinski definition) is 1. The number of carboxylic acids is 1. The zero-order chi connectivity index (χ0) is 22.0. The van der Waals surface area contributed by atoms with Crippen LogP contribution in [-0.2, 0) is 19.2 Å². The fourth-order valence-electron chi connectivity index (χ4n) is 2.99. The number of thiazole rings is 1. The average molecular weight is 521 g/mol. The molecular weight excluding hydrogens is 507 g/mol. The van der Waals surface area contributed by atoms with E-state index in [2.05, 4.69) is 24.8 Å². The second-order valence-corrected chi connectivity index (χ2v) is 9.92. The molecule has 4 rings (SSSR count). The SMILES string of the molecule is CO/N=C(\C(=O)NC1C(=O)N2C(C(=O)[O-])=C(CSc3ncns3)CS[C@H]12)c1cscn1.[Na+]. The maximum absolute atomic E-state index is 12.8. The van der Waals surface area contributed by atoms with Gasteiger partial charge in [-0.3, -0.25) is 14.5 Å². The third kappa shape index (κ3) is 5.03. The number of β-lactam (4-membered cyclic amide) rings is 1. The summed E-state index contributed by atoms with van der Waals surface area (Å²) in [5.41, 5.74) is 2.20. The summed E-state index contributed by atoms with van der Waals surface area (Å²) >= 11 is 5.19. The number of thioether (sulfide) groups is 2. The van der Waals surface area contributed by atoms with E-state index in [0.717, 1.165) is 0 Å². The van der Waals surface area contributed by atoms with Crippen molar-refractivity contribution in [3.8, 4) is 0 Å². The summed E-state index contributed by atoms with van der Waals surface area (Å²) in [4.78, 5) is 51.2. The molecule has 2 aliphatic heterocycles. The van der Waals surface area contributed by atoms with E-state index >= 15 is 0 Å². The van der Waals surface area contributed by atoms with Gasteiger partial charge in [-0.05, 0) is 17.1 Å². The molecule has 2 aliphatic rings. The standard InChI is InChI=1S/C16H14N6O5S4.Na/c1-27-21-9(8-4-28-6-18-8)12(23)20-10-13(24)22-11(15(25)26)7(2-29-14(10)22)3-30-16-17-5-19-31-16;/h4-6,10,14H,2-3H2,1H3,(H,20,23)(H,25,26);/q;+1/p-1/b21-9-;/t10?,14-;/m1./s1. The van der Waals surface area contributed by atoms with E-state index in [4.69, 9.17) is 4.84 Å². The Labute approximate surface area is 220 Å². The Morgan fingerprint density at radius 2 is 2.25 bits per heavy atom. The van der Waals surface area contributed by atoms with Gasteiger partial charge >= 0.3 is 29.6 Å². The molecule has 162 valence electrons. The van der Waals surface area contributed by atoms with Gasteiger partial charge in [0.05, 0.1) is 17.2 Å². The molecule has 1 saturated heterocycles. The zero-order valence-corrected chi connectivity index (χ0v) is 22.0. The van der Waals surface area contributed by atoms with E-state index in [1.165, 1.54) is 64.7 Å². The zero-order valence-electron chi connectivity index (χ0n) is 16.7. The molecule has 0 aromatic carbocycles. The molecular formula is C16H13N6NaO5S4. The average Bonchev–Trinajstić information content (AvgIpc) is 3.47. The summed E-state index contributed by atoms with van der Waals surface area (Å²) in [6.07, 6.45) is 1.42. The van der Waals surface area contributed by atoms with Gasteiger partial charge in [-0.15, -0.1) is 23.1 Å². The van der Waals surface area contributed by atoms with Crippen LogP contribution in [0.1, 0.15) is 5.69 Å². The van der Waals surface area contributed by atoms with Crippen molar-refractivity contribution in [2.45, 2.75) is 15.8 Å². The van der Waals surface area contributed by atoms with Crippen LogP contribution in [0.5, 0.6) is 0 Å². The number of nitrogens with one attached hydrogen (secondary N) is 1. The Morgan fingerprint density at radius 1 is 1.44 bits per heavy atom. The molecule has 1 N–H and O–H groups in total. The second-order valence-electron chi connectivity index (χ2n) is 6.09. The van der Waals surface area contributed by atoms with Gasteiger partial charge in [0.1, 0.15) is 30.5 Å². The molecule has 0 aliphatic carbocycles. The number of amides is 2. The van der Waals surface area contributed by atoms with Crippen molar-refractivity contribution in [3.05, 3.63) is 34.2 Å². The van der Waals surface area contributed by atoms with E-state index in [1.54, 1.807) is 10.9 Å². The number of carbonyl (C=O) groups excluding carboxylic acids is 3. The molecule has 1 fully saturated rings. The number of aliphatic carboxylic acids is 1. The number of nitrogens with zero attached hydrogens (tertiary/aromatic N) is 5. The van der Waals surface area contributed by atoms with E-state index < -0.39 is 29.2 Å². The Hall–Kier alpha value is -1.49. The number of rotatable bonds is 8. The number of hydrogen-bond acceptors (Lipinski definition) is 13. The molecule has 16 heteroatoms. The monoisotopic (exact) mass is 520 g/mol. The van der Waals surface area contributed by atoms with Gasteiger partial charge < -0.3 is 20.1 Å². The number of carbonyl (C=O) groups is 3. The maximum atomic E-state index is 12.8. The van der Waals surface area contributed by atoms with Crippen LogP contribution in [0, 0.1) is 0 Å².